The van der Waals surface area contributed by atoms with Crippen molar-refractivity contribution in [3.05, 3.63) is 47.5 Å². The number of aliphatic hydroxyl groups is 2. The molecule has 2 aliphatic carbocycles. The van der Waals surface area contributed by atoms with Gasteiger partial charge in [-0.1, -0.05) is 5.92 Å². The van der Waals surface area contributed by atoms with Crippen LogP contribution in [0.3, 0.4) is 0 Å². The van der Waals surface area contributed by atoms with Crippen molar-refractivity contribution in [3.8, 4) is 11.8 Å². The summed E-state index contributed by atoms with van der Waals surface area (Å²) in [6.07, 6.45) is -0.510. The Labute approximate surface area is 186 Å². The fraction of sp³-hybridized carbons (Fsp3) is 0.364. The Morgan fingerprint density at radius 2 is 1.91 bits per heavy atom. The lowest BCUT2D eigenvalue weighted by atomic mass is 9.98. The molecule has 2 aromatic heterocycles. The third kappa shape index (κ3) is 3.13. The van der Waals surface area contributed by atoms with E-state index in [0.717, 1.165) is 18.2 Å². The number of imidazole rings is 1. The molecule has 2 heterocycles. The van der Waals surface area contributed by atoms with Gasteiger partial charge in [-0.25, -0.2) is 23.7 Å². The Morgan fingerprint density at radius 3 is 2.58 bits per heavy atom. The molecular formula is C22H20F2N6O3. The number of halogens is 2. The predicted octanol–water partition coefficient (Wildman–Crippen LogP) is 0.575. The van der Waals surface area contributed by atoms with E-state index in [2.05, 4.69) is 37.4 Å². The zero-order valence-electron chi connectivity index (χ0n) is 17.7. The molecule has 5 atom stereocenters. The van der Waals surface area contributed by atoms with Gasteiger partial charge in [-0.3, -0.25) is 4.79 Å². The van der Waals surface area contributed by atoms with Crippen LogP contribution in [-0.4, -0.2) is 61.9 Å². The molecule has 0 bridgehead atoms. The van der Waals surface area contributed by atoms with E-state index in [1.54, 1.807) is 11.6 Å². The molecule has 2 fully saturated rings. The number of aliphatic hydroxyl groups excluding tert-OH is 2. The summed E-state index contributed by atoms with van der Waals surface area (Å²) in [5.74, 6) is 3.69. The zero-order chi connectivity index (χ0) is 23.5. The van der Waals surface area contributed by atoms with Crippen LogP contribution in [0.15, 0.2) is 24.5 Å². The first-order valence-corrected chi connectivity index (χ1v) is 10.3. The lowest BCUT2D eigenvalue weighted by molar-refractivity contribution is -0.132. The Bertz CT molecular complexity index is 1330. The summed E-state index contributed by atoms with van der Waals surface area (Å²) in [4.78, 5) is 25.5. The first-order valence-electron chi connectivity index (χ1n) is 10.3. The van der Waals surface area contributed by atoms with Gasteiger partial charge >= 0.3 is 0 Å². The molecule has 1 aromatic carbocycles. The van der Waals surface area contributed by atoms with Crippen LogP contribution in [-0.2, 0) is 4.79 Å². The quantitative estimate of drug-likeness (QED) is 0.427. The van der Waals surface area contributed by atoms with Crippen molar-refractivity contribution < 1.29 is 23.8 Å². The molecule has 0 aliphatic heterocycles. The molecule has 0 saturated heterocycles. The van der Waals surface area contributed by atoms with E-state index < -0.39 is 35.3 Å². The van der Waals surface area contributed by atoms with Gasteiger partial charge in [0, 0.05) is 31.6 Å². The first-order chi connectivity index (χ1) is 15.8. The number of anilines is 1. The van der Waals surface area contributed by atoms with Crippen molar-refractivity contribution in [2.75, 3.05) is 19.4 Å². The zero-order valence-corrected chi connectivity index (χ0v) is 17.7. The van der Waals surface area contributed by atoms with Gasteiger partial charge in [0.25, 0.3) is 0 Å². The highest BCUT2D eigenvalue weighted by molar-refractivity contribution is 5.88. The number of rotatable bonds is 3. The Morgan fingerprint density at radius 1 is 1.18 bits per heavy atom. The van der Waals surface area contributed by atoms with Crippen LogP contribution in [0, 0.1) is 34.8 Å². The summed E-state index contributed by atoms with van der Waals surface area (Å²) < 4.78 is 28.5. The van der Waals surface area contributed by atoms with E-state index in [1.807, 2.05) is 0 Å². The Hall–Kier alpha value is -3.62. The number of fused-ring (bicyclic) bond motifs is 2. The number of hydrogen-bond donors (Lipinski definition) is 4. The smallest absolute Gasteiger partial charge is 0.229 e. The number of nitrogens with one attached hydrogen (secondary N) is 2. The number of benzene rings is 1. The van der Waals surface area contributed by atoms with Gasteiger partial charge in [0.15, 0.2) is 17.0 Å². The number of amides is 1. The highest BCUT2D eigenvalue weighted by atomic mass is 19.1. The lowest BCUT2D eigenvalue weighted by Gasteiger charge is -2.23. The first kappa shape index (κ1) is 21.2. The second-order valence-electron chi connectivity index (χ2n) is 8.23. The van der Waals surface area contributed by atoms with Crippen molar-refractivity contribution in [3.63, 3.8) is 0 Å². The third-order valence-electron chi connectivity index (χ3n) is 6.48. The normalized spacial score (nSPS) is 27.6. The molecule has 0 spiro atoms. The Balaban J connectivity index is 1.58. The van der Waals surface area contributed by atoms with Gasteiger partial charge in [0.2, 0.25) is 11.7 Å². The van der Waals surface area contributed by atoms with Crippen LogP contribution >= 0.6 is 0 Å². The average Bonchev–Trinajstić information content (AvgIpc) is 3.33. The third-order valence-corrected chi connectivity index (χ3v) is 6.48. The molecule has 1 amide bonds. The summed E-state index contributed by atoms with van der Waals surface area (Å²) in [5, 5.41) is 26.9. The molecule has 11 heteroatoms. The van der Waals surface area contributed by atoms with Crippen LogP contribution in [0.5, 0.6) is 0 Å². The molecular weight excluding hydrogens is 434 g/mol. The van der Waals surface area contributed by atoms with Crippen LogP contribution < -0.4 is 10.6 Å². The van der Waals surface area contributed by atoms with Crippen molar-refractivity contribution in [2.24, 2.45) is 11.3 Å². The highest BCUT2D eigenvalue weighted by Gasteiger charge is 2.75. The second kappa shape index (κ2) is 7.47. The minimum atomic E-state index is -1.22. The summed E-state index contributed by atoms with van der Waals surface area (Å²) in [5.41, 5.74) is -0.156. The van der Waals surface area contributed by atoms with Gasteiger partial charge in [-0.15, -0.1) is 0 Å². The van der Waals surface area contributed by atoms with Gasteiger partial charge in [0.05, 0.1) is 23.9 Å². The molecule has 2 unspecified atom stereocenters. The largest absolute Gasteiger partial charge is 0.389 e. The summed E-state index contributed by atoms with van der Waals surface area (Å²) in [7, 11) is 3.14. The average molecular weight is 454 g/mol. The monoisotopic (exact) mass is 454 g/mol. The molecule has 33 heavy (non-hydrogen) atoms. The highest BCUT2D eigenvalue weighted by Crippen LogP contribution is 2.67. The van der Waals surface area contributed by atoms with Gasteiger partial charge < -0.3 is 25.4 Å². The Kier molecular flexibility index (Phi) is 4.81. The number of carbonyl (C=O) groups is 1. The number of nitrogens with zero attached hydrogens (tertiary/aromatic N) is 4. The summed E-state index contributed by atoms with van der Waals surface area (Å²) in [6, 6.07) is 2.32. The second-order valence-corrected chi connectivity index (χ2v) is 8.23. The standard InChI is InChI=1S/C22H20F2N6O3/c1-25-19-15-20(29-14(28-19)4-3-10-5-11(23)7-12(24)6-10)30(9-27-15)16-13-8-22(13,21(33)26-2)18(32)17(16)31/h5-7,9,13,16-18,31-32H,8H2,1-2H3,(H,26,33)(H,25,28,29)/t13?,16-,17?,18+,22-/m1/s1. The fourth-order valence-corrected chi connectivity index (χ4v) is 4.91. The molecule has 9 nitrogen and oxygen atoms in total. The van der Waals surface area contributed by atoms with E-state index in [0.29, 0.717) is 23.4 Å². The number of aromatic nitrogens is 4. The maximum atomic E-state index is 13.5. The van der Waals surface area contributed by atoms with Crippen LogP contribution in [0.25, 0.3) is 11.2 Å². The van der Waals surface area contributed by atoms with Crippen LogP contribution in [0.4, 0.5) is 14.6 Å². The van der Waals surface area contributed by atoms with E-state index in [9.17, 15) is 23.8 Å². The summed E-state index contributed by atoms with van der Waals surface area (Å²) in [6.45, 7) is 0. The molecule has 2 saturated carbocycles. The van der Waals surface area contributed by atoms with E-state index in [1.165, 1.54) is 13.4 Å². The van der Waals surface area contributed by atoms with E-state index in [4.69, 9.17) is 0 Å². The van der Waals surface area contributed by atoms with Crippen molar-refractivity contribution >= 4 is 22.9 Å². The van der Waals surface area contributed by atoms with Crippen molar-refractivity contribution in [1.82, 2.24) is 24.8 Å². The minimum absolute atomic E-state index is 0.0691. The maximum absolute atomic E-state index is 13.5. The number of carbonyl (C=O) groups excluding carboxylic acids is 1. The lowest BCUT2D eigenvalue weighted by Crippen LogP contribution is -2.41. The fourth-order valence-electron chi connectivity index (χ4n) is 4.91. The van der Waals surface area contributed by atoms with Crippen LogP contribution in [0.1, 0.15) is 23.9 Å². The van der Waals surface area contributed by atoms with Crippen molar-refractivity contribution in [1.29, 1.82) is 0 Å². The predicted molar refractivity (Wildman–Crippen MR) is 113 cm³/mol. The molecule has 0 radical (unpaired) electrons. The van der Waals surface area contributed by atoms with Crippen LogP contribution in [0.2, 0.25) is 0 Å². The molecule has 4 N–H and O–H groups in total. The topological polar surface area (TPSA) is 125 Å². The molecule has 2 aliphatic rings. The SMILES string of the molecule is CNC(=O)[C@]12CC1[C@@H](n1cnc3c(NC)nc(C#Cc4cc(F)cc(F)c4)nc31)C(O)[C@@H]2O. The summed E-state index contributed by atoms with van der Waals surface area (Å²) >= 11 is 0. The maximum Gasteiger partial charge on any atom is 0.229 e. The van der Waals surface area contributed by atoms with Gasteiger partial charge in [0.1, 0.15) is 17.7 Å². The molecule has 5 rings (SSSR count). The van der Waals surface area contributed by atoms with E-state index >= 15 is 0 Å². The molecule has 170 valence electrons. The van der Waals surface area contributed by atoms with Crippen molar-refractivity contribution in [2.45, 2.75) is 24.7 Å². The van der Waals surface area contributed by atoms with E-state index in [-0.39, 0.29) is 23.2 Å². The minimum Gasteiger partial charge on any atom is -0.389 e. The van der Waals surface area contributed by atoms with Gasteiger partial charge in [-0.2, -0.15) is 0 Å². The molecule has 3 aromatic rings. The van der Waals surface area contributed by atoms with Gasteiger partial charge in [-0.05, 0) is 24.5 Å². The number of hydrogen-bond acceptors (Lipinski definition) is 7.